The largest absolute Gasteiger partial charge is 0.328 e. The second-order valence-corrected chi connectivity index (χ2v) is 6.68. The first-order valence-electron chi connectivity index (χ1n) is 7.81. The van der Waals surface area contributed by atoms with E-state index in [1.165, 1.54) is 5.56 Å². The van der Waals surface area contributed by atoms with Gasteiger partial charge in [-0.2, -0.15) is 5.10 Å². The number of piperazine rings is 1. The summed E-state index contributed by atoms with van der Waals surface area (Å²) < 4.78 is 0. The fraction of sp³-hybridized carbons (Fsp3) is 0.278. The van der Waals surface area contributed by atoms with Crippen molar-refractivity contribution in [3.63, 3.8) is 0 Å². The maximum absolute atomic E-state index is 5.93. The molecule has 0 radical (unpaired) electrons. The van der Waals surface area contributed by atoms with Crippen LogP contribution in [0.1, 0.15) is 11.1 Å². The van der Waals surface area contributed by atoms with Gasteiger partial charge in [0, 0.05) is 15.6 Å². The summed E-state index contributed by atoms with van der Waals surface area (Å²) in [4.78, 5) is 1.59. The van der Waals surface area contributed by atoms with Crippen LogP contribution in [0.3, 0.4) is 0 Å². The van der Waals surface area contributed by atoms with Crippen LogP contribution in [0.4, 0.5) is 0 Å². The highest BCUT2D eigenvalue weighted by atomic mass is 35.5. The molecule has 1 fully saturated rings. The van der Waals surface area contributed by atoms with Crippen LogP contribution in [0.5, 0.6) is 0 Å². The molecule has 1 saturated heterocycles. The Morgan fingerprint density at radius 2 is 1.48 bits per heavy atom. The molecule has 1 aliphatic rings. The van der Waals surface area contributed by atoms with Crippen molar-refractivity contribution < 1.29 is 4.90 Å². The Bertz CT molecular complexity index is 645. The van der Waals surface area contributed by atoms with Gasteiger partial charge in [0.25, 0.3) is 0 Å². The molecule has 23 heavy (non-hydrogen) atoms. The molecule has 0 atom stereocenters. The normalized spacial score (nSPS) is 16.2. The van der Waals surface area contributed by atoms with Crippen molar-refractivity contribution in [1.29, 1.82) is 0 Å². The first-order valence-corrected chi connectivity index (χ1v) is 8.57. The van der Waals surface area contributed by atoms with Gasteiger partial charge in [0.2, 0.25) is 0 Å². The minimum absolute atomic E-state index is 0.751. The number of nitrogens with one attached hydrogen (secondary N) is 1. The molecule has 0 unspecified atom stereocenters. The average molecular weight is 349 g/mol. The first kappa shape index (κ1) is 16.3. The van der Waals surface area contributed by atoms with Crippen LogP contribution in [0.15, 0.2) is 53.6 Å². The van der Waals surface area contributed by atoms with Crippen molar-refractivity contribution in [2.45, 2.75) is 6.54 Å². The van der Waals surface area contributed by atoms with Crippen LogP contribution in [-0.4, -0.2) is 37.4 Å². The van der Waals surface area contributed by atoms with E-state index in [0.29, 0.717) is 0 Å². The zero-order valence-corrected chi connectivity index (χ0v) is 14.4. The molecule has 120 valence electrons. The van der Waals surface area contributed by atoms with E-state index in [1.54, 1.807) is 4.90 Å². The molecule has 0 spiro atoms. The maximum atomic E-state index is 5.93. The SMILES string of the molecule is Clc1ccc(/C=N\N2CC[NH+](Cc3ccc(Cl)cc3)CC2)cc1. The first-order chi connectivity index (χ1) is 11.2. The monoisotopic (exact) mass is 348 g/mol. The Balaban J connectivity index is 1.48. The summed E-state index contributed by atoms with van der Waals surface area (Å²) in [5.41, 5.74) is 2.41. The Morgan fingerprint density at radius 1 is 0.913 bits per heavy atom. The van der Waals surface area contributed by atoms with Gasteiger partial charge >= 0.3 is 0 Å². The molecule has 3 nitrogen and oxygen atoms in total. The van der Waals surface area contributed by atoms with Crippen LogP contribution >= 0.6 is 23.2 Å². The number of benzene rings is 2. The molecule has 1 aliphatic heterocycles. The minimum atomic E-state index is 0.751. The van der Waals surface area contributed by atoms with Crippen molar-refractivity contribution in [3.05, 3.63) is 69.7 Å². The average Bonchev–Trinajstić information content (AvgIpc) is 2.58. The van der Waals surface area contributed by atoms with Gasteiger partial charge in [-0.25, -0.2) is 0 Å². The second-order valence-electron chi connectivity index (χ2n) is 5.80. The molecule has 0 aromatic heterocycles. The van der Waals surface area contributed by atoms with Crippen molar-refractivity contribution in [1.82, 2.24) is 5.01 Å². The summed E-state index contributed by atoms with van der Waals surface area (Å²) in [6, 6.07) is 15.9. The predicted molar refractivity (Wildman–Crippen MR) is 96.5 cm³/mol. The number of halogens is 2. The van der Waals surface area contributed by atoms with Crippen LogP contribution in [0.25, 0.3) is 0 Å². The minimum Gasteiger partial charge on any atom is -0.328 e. The summed E-state index contributed by atoms with van der Waals surface area (Å²) in [5.74, 6) is 0. The summed E-state index contributed by atoms with van der Waals surface area (Å²) in [6.07, 6.45) is 1.90. The highest BCUT2D eigenvalue weighted by Gasteiger charge is 2.18. The van der Waals surface area contributed by atoms with Gasteiger partial charge in [0.05, 0.1) is 32.4 Å². The fourth-order valence-corrected chi connectivity index (χ4v) is 2.94. The summed E-state index contributed by atoms with van der Waals surface area (Å²) in [7, 11) is 0. The highest BCUT2D eigenvalue weighted by molar-refractivity contribution is 6.30. The number of hydrogen-bond donors (Lipinski definition) is 1. The molecule has 1 heterocycles. The third-order valence-electron chi connectivity index (χ3n) is 4.05. The third kappa shape index (κ3) is 4.96. The number of hydrazone groups is 1. The van der Waals surface area contributed by atoms with Crippen molar-refractivity contribution >= 4 is 29.4 Å². The zero-order valence-electron chi connectivity index (χ0n) is 12.9. The van der Waals surface area contributed by atoms with E-state index in [9.17, 15) is 0 Å². The van der Waals surface area contributed by atoms with Gasteiger partial charge < -0.3 is 4.90 Å². The van der Waals surface area contributed by atoms with Crippen LogP contribution < -0.4 is 4.90 Å². The van der Waals surface area contributed by atoms with E-state index < -0.39 is 0 Å². The lowest BCUT2D eigenvalue weighted by Gasteiger charge is -2.30. The zero-order chi connectivity index (χ0) is 16.1. The number of nitrogens with zero attached hydrogens (tertiary/aromatic N) is 2. The maximum Gasteiger partial charge on any atom is 0.103 e. The molecule has 0 aliphatic carbocycles. The second kappa shape index (κ2) is 7.82. The molecular formula is C18H20Cl2N3+. The van der Waals surface area contributed by atoms with Crippen molar-refractivity contribution in [3.8, 4) is 0 Å². The Kier molecular flexibility index (Phi) is 5.55. The van der Waals surface area contributed by atoms with E-state index in [4.69, 9.17) is 23.2 Å². The Labute approximate surface area is 147 Å². The standard InChI is InChI=1S/C18H19Cl2N3/c19-17-5-1-15(2-6-17)13-21-23-11-9-22(10-12-23)14-16-3-7-18(20)8-4-16/h1-8,13H,9-12,14H2/p+1/b21-13-. The van der Waals surface area contributed by atoms with Crippen LogP contribution in [-0.2, 0) is 6.54 Å². The fourth-order valence-electron chi connectivity index (χ4n) is 2.69. The molecule has 5 heteroatoms. The molecule has 2 aromatic rings. The summed E-state index contributed by atoms with van der Waals surface area (Å²) >= 11 is 11.8. The molecule has 0 amide bonds. The molecule has 1 N–H and O–H groups in total. The molecule has 2 aromatic carbocycles. The van der Waals surface area contributed by atoms with E-state index in [0.717, 1.165) is 48.3 Å². The van der Waals surface area contributed by atoms with Crippen LogP contribution in [0.2, 0.25) is 10.0 Å². The highest BCUT2D eigenvalue weighted by Crippen LogP contribution is 2.09. The number of rotatable bonds is 4. The van der Waals surface area contributed by atoms with Gasteiger partial charge in [-0.3, -0.25) is 5.01 Å². The molecular weight excluding hydrogens is 329 g/mol. The summed E-state index contributed by atoms with van der Waals surface area (Å²) in [6.45, 7) is 5.20. The lowest BCUT2D eigenvalue weighted by atomic mass is 10.2. The molecule has 0 saturated carbocycles. The van der Waals surface area contributed by atoms with Crippen molar-refractivity contribution in [2.24, 2.45) is 5.10 Å². The van der Waals surface area contributed by atoms with Crippen molar-refractivity contribution in [2.75, 3.05) is 26.2 Å². The van der Waals surface area contributed by atoms with E-state index in [-0.39, 0.29) is 0 Å². The summed E-state index contributed by atoms with van der Waals surface area (Å²) in [5, 5.41) is 8.26. The number of quaternary nitrogens is 1. The Morgan fingerprint density at radius 3 is 2.09 bits per heavy atom. The lowest BCUT2D eigenvalue weighted by molar-refractivity contribution is -0.918. The van der Waals surface area contributed by atoms with Gasteiger partial charge in [0.1, 0.15) is 6.54 Å². The van der Waals surface area contributed by atoms with Gasteiger partial charge in [-0.15, -0.1) is 0 Å². The third-order valence-corrected chi connectivity index (χ3v) is 4.56. The van der Waals surface area contributed by atoms with Gasteiger partial charge in [-0.1, -0.05) is 47.5 Å². The number of hydrogen-bond acceptors (Lipinski definition) is 2. The van der Waals surface area contributed by atoms with Gasteiger partial charge in [0.15, 0.2) is 0 Å². The lowest BCUT2D eigenvalue weighted by Crippen LogP contribution is -3.13. The van der Waals surface area contributed by atoms with Gasteiger partial charge in [-0.05, 0) is 29.8 Å². The smallest absolute Gasteiger partial charge is 0.103 e. The Hall–Kier alpha value is -1.55. The molecule has 3 rings (SSSR count). The topological polar surface area (TPSA) is 20.0 Å². The molecule has 0 bridgehead atoms. The predicted octanol–water partition coefficient (Wildman–Crippen LogP) is 2.73. The van der Waals surface area contributed by atoms with E-state index in [1.807, 2.05) is 42.6 Å². The van der Waals surface area contributed by atoms with Crippen LogP contribution in [0, 0.1) is 0 Å². The van der Waals surface area contributed by atoms with E-state index in [2.05, 4.69) is 22.2 Å². The quantitative estimate of drug-likeness (QED) is 0.842. The van der Waals surface area contributed by atoms with E-state index >= 15 is 0 Å².